The molecule has 0 amide bonds. The van der Waals surface area contributed by atoms with Gasteiger partial charge in [0.1, 0.15) is 0 Å². The maximum absolute atomic E-state index is 10.8. The molecule has 0 heterocycles. The quantitative estimate of drug-likeness (QED) is 0.652. The van der Waals surface area contributed by atoms with E-state index in [1.807, 2.05) is 30.3 Å². The molecule has 0 radical (unpaired) electrons. The molecular formula is C9H14NO3P. The van der Waals surface area contributed by atoms with Gasteiger partial charge in [0.05, 0.1) is 6.16 Å². The van der Waals surface area contributed by atoms with Crippen molar-refractivity contribution in [2.45, 2.75) is 5.92 Å². The highest BCUT2D eigenvalue weighted by Crippen LogP contribution is 2.39. The molecule has 1 unspecified atom stereocenters. The molecule has 1 aromatic carbocycles. The Hall–Kier alpha value is -0.670. The predicted molar refractivity (Wildman–Crippen MR) is 55.1 cm³/mol. The van der Waals surface area contributed by atoms with Crippen molar-refractivity contribution >= 4 is 7.60 Å². The summed E-state index contributed by atoms with van der Waals surface area (Å²) in [6.07, 6.45) is -0.187. The van der Waals surface area contributed by atoms with Crippen LogP contribution in [0.4, 0.5) is 0 Å². The van der Waals surface area contributed by atoms with Gasteiger partial charge >= 0.3 is 7.60 Å². The molecule has 5 heteroatoms. The van der Waals surface area contributed by atoms with Gasteiger partial charge in [-0.15, -0.1) is 0 Å². The number of rotatable bonds is 4. The third-order valence-corrected chi connectivity index (χ3v) is 2.93. The summed E-state index contributed by atoms with van der Waals surface area (Å²) in [5, 5.41) is 0. The molecule has 0 saturated carbocycles. The first-order chi connectivity index (χ1) is 6.53. The highest BCUT2D eigenvalue weighted by atomic mass is 31.2. The van der Waals surface area contributed by atoms with Crippen molar-refractivity contribution in [3.05, 3.63) is 35.9 Å². The molecule has 1 atom stereocenters. The first-order valence-electron chi connectivity index (χ1n) is 4.32. The van der Waals surface area contributed by atoms with Crippen molar-refractivity contribution in [3.8, 4) is 0 Å². The Balaban J connectivity index is 2.78. The van der Waals surface area contributed by atoms with Crippen molar-refractivity contribution in [1.82, 2.24) is 0 Å². The summed E-state index contributed by atoms with van der Waals surface area (Å²) in [6, 6.07) is 9.17. The molecule has 14 heavy (non-hydrogen) atoms. The van der Waals surface area contributed by atoms with Crippen LogP contribution in [0.3, 0.4) is 0 Å². The van der Waals surface area contributed by atoms with E-state index in [-0.39, 0.29) is 18.6 Å². The molecule has 0 fully saturated rings. The monoisotopic (exact) mass is 215 g/mol. The molecule has 4 N–H and O–H groups in total. The second-order valence-corrected chi connectivity index (χ2v) is 4.89. The lowest BCUT2D eigenvalue weighted by Crippen LogP contribution is -2.16. The maximum Gasteiger partial charge on any atom is 0.326 e. The Bertz CT molecular complexity index is 322. The van der Waals surface area contributed by atoms with Gasteiger partial charge in [0.25, 0.3) is 0 Å². The molecule has 0 aromatic heterocycles. The van der Waals surface area contributed by atoms with Crippen molar-refractivity contribution in [2.24, 2.45) is 5.73 Å². The second-order valence-electron chi connectivity index (χ2n) is 3.19. The van der Waals surface area contributed by atoms with Crippen LogP contribution in [0, 0.1) is 0 Å². The van der Waals surface area contributed by atoms with Crippen LogP contribution in [-0.4, -0.2) is 22.5 Å². The summed E-state index contributed by atoms with van der Waals surface area (Å²) in [5.41, 5.74) is 6.34. The van der Waals surface area contributed by atoms with E-state index in [0.29, 0.717) is 0 Å². The first-order valence-corrected chi connectivity index (χ1v) is 6.12. The minimum atomic E-state index is -3.98. The molecule has 1 aromatic rings. The summed E-state index contributed by atoms with van der Waals surface area (Å²) in [4.78, 5) is 17.7. The second kappa shape index (κ2) is 4.71. The maximum atomic E-state index is 10.8. The fourth-order valence-corrected chi connectivity index (χ4v) is 2.26. The Labute approximate surface area is 82.9 Å². The molecule has 0 aliphatic heterocycles. The lowest BCUT2D eigenvalue weighted by Gasteiger charge is -2.15. The minimum Gasteiger partial charge on any atom is -0.330 e. The van der Waals surface area contributed by atoms with Gasteiger partial charge in [-0.2, -0.15) is 0 Å². The van der Waals surface area contributed by atoms with E-state index in [0.717, 1.165) is 5.56 Å². The van der Waals surface area contributed by atoms with Crippen LogP contribution in [0.1, 0.15) is 11.5 Å². The van der Waals surface area contributed by atoms with E-state index in [1.165, 1.54) is 0 Å². The van der Waals surface area contributed by atoms with Gasteiger partial charge in [0, 0.05) is 5.92 Å². The van der Waals surface area contributed by atoms with Crippen molar-refractivity contribution in [3.63, 3.8) is 0 Å². The third kappa shape index (κ3) is 3.60. The Morgan fingerprint density at radius 3 is 2.29 bits per heavy atom. The van der Waals surface area contributed by atoms with Gasteiger partial charge in [-0.1, -0.05) is 30.3 Å². The van der Waals surface area contributed by atoms with Crippen LogP contribution >= 0.6 is 7.60 Å². The lowest BCUT2D eigenvalue weighted by molar-refractivity contribution is 0.369. The van der Waals surface area contributed by atoms with Crippen LogP contribution < -0.4 is 5.73 Å². The van der Waals surface area contributed by atoms with Gasteiger partial charge in [0.2, 0.25) is 0 Å². The lowest BCUT2D eigenvalue weighted by atomic mass is 10.0. The van der Waals surface area contributed by atoms with Crippen LogP contribution in [0.15, 0.2) is 30.3 Å². The third-order valence-electron chi connectivity index (χ3n) is 2.01. The van der Waals surface area contributed by atoms with E-state index in [9.17, 15) is 4.57 Å². The zero-order valence-electron chi connectivity index (χ0n) is 7.71. The molecular weight excluding hydrogens is 201 g/mol. The van der Waals surface area contributed by atoms with Crippen molar-refractivity contribution < 1.29 is 14.4 Å². The summed E-state index contributed by atoms with van der Waals surface area (Å²) in [7, 11) is -3.98. The summed E-state index contributed by atoms with van der Waals surface area (Å²) < 4.78 is 10.8. The van der Waals surface area contributed by atoms with E-state index in [4.69, 9.17) is 15.5 Å². The largest absolute Gasteiger partial charge is 0.330 e. The Kier molecular flexibility index (Phi) is 3.84. The predicted octanol–water partition coefficient (Wildman–Crippen LogP) is 0.907. The Morgan fingerprint density at radius 2 is 1.86 bits per heavy atom. The summed E-state index contributed by atoms with van der Waals surface area (Å²) in [6.45, 7) is 0.245. The van der Waals surface area contributed by atoms with E-state index < -0.39 is 7.60 Å². The highest BCUT2D eigenvalue weighted by Gasteiger charge is 2.21. The van der Waals surface area contributed by atoms with Crippen LogP contribution in [0.5, 0.6) is 0 Å². The van der Waals surface area contributed by atoms with E-state index in [2.05, 4.69) is 0 Å². The zero-order chi connectivity index (χ0) is 10.6. The molecule has 0 spiro atoms. The number of hydrogen-bond acceptors (Lipinski definition) is 2. The minimum absolute atomic E-state index is 0.187. The normalized spacial score (nSPS) is 13.9. The molecule has 0 saturated heterocycles. The smallest absolute Gasteiger partial charge is 0.326 e. The molecule has 0 bridgehead atoms. The summed E-state index contributed by atoms with van der Waals surface area (Å²) in [5.74, 6) is -0.267. The average Bonchev–Trinajstić information content (AvgIpc) is 2.14. The SMILES string of the molecule is NCC(CP(=O)(O)O)c1ccccc1. The molecule has 78 valence electrons. The topological polar surface area (TPSA) is 83.6 Å². The fourth-order valence-electron chi connectivity index (χ4n) is 1.33. The van der Waals surface area contributed by atoms with Gasteiger partial charge < -0.3 is 15.5 Å². The average molecular weight is 215 g/mol. The van der Waals surface area contributed by atoms with Crippen molar-refractivity contribution in [1.29, 1.82) is 0 Å². The number of nitrogens with two attached hydrogens (primary N) is 1. The van der Waals surface area contributed by atoms with Crippen LogP contribution in [0.2, 0.25) is 0 Å². The number of hydrogen-bond donors (Lipinski definition) is 3. The first kappa shape index (κ1) is 11.4. The molecule has 1 rings (SSSR count). The van der Waals surface area contributed by atoms with E-state index in [1.54, 1.807) is 0 Å². The van der Waals surface area contributed by atoms with Crippen molar-refractivity contribution in [2.75, 3.05) is 12.7 Å². The van der Waals surface area contributed by atoms with Crippen LogP contribution in [0.25, 0.3) is 0 Å². The fraction of sp³-hybridized carbons (Fsp3) is 0.333. The van der Waals surface area contributed by atoms with Gasteiger partial charge in [0.15, 0.2) is 0 Å². The highest BCUT2D eigenvalue weighted by molar-refractivity contribution is 7.51. The van der Waals surface area contributed by atoms with E-state index >= 15 is 0 Å². The van der Waals surface area contributed by atoms with Gasteiger partial charge in [-0.05, 0) is 12.1 Å². The number of benzene rings is 1. The zero-order valence-corrected chi connectivity index (χ0v) is 8.60. The van der Waals surface area contributed by atoms with Crippen LogP contribution in [-0.2, 0) is 4.57 Å². The summed E-state index contributed by atoms with van der Waals surface area (Å²) >= 11 is 0. The standard InChI is InChI=1S/C9H14NO3P/c10-6-9(7-14(11,12)13)8-4-2-1-3-5-8/h1-5,9H,6-7,10H2,(H2,11,12,13). The van der Waals surface area contributed by atoms with Gasteiger partial charge in [-0.25, -0.2) is 0 Å². The molecule has 0 aliphatic carbocycles. The molecule has 0 aliphatic rings. The Morgan fingerprint density at radius 1 is 1.29 bits per heavy atom. The van der Waals surface area contributed by atoms with Gasteiger partial charge in [-0.3, -0.25) is 4.57 Å². The molecule has 4 nitrogen and oxygen atoms in total.